The minimum absolute atomic E-state index is 0.0904. The lowest BCUT2D eigenvalue weighted by Gasteiger charge is -2.10. The van der Waals surface area contributed by atoms with Gasteiger partial charge in [-0.05, 0) is 52.2 Å². The standard InChI is InChI=1S/C26H18O2S/c27-26-23-13-3-4-14-24(23)29-25(26)16-18-7-5-11-21(15-18)28-17-20-10-6-9-19-8-1-2-12-22(19)20/h1-16H,17H2/b25-16+. The van der Waals surface area contributed by atoms with Gasteiger partial charge in [0.2, 0.25) is 5.78 Å². The van der Waals surface area contributed by atoms with Crippen LogP contribution in [0.1, 0.15) is 21.5 Å². The van der Waals surface area contributed by atoms with Crippen molar-refractivity contribution in [2.45, 2.75) is 11.5 Å². The highest BCUT2D eigenvalue weighted by atomic mass is 32.2. The van der Waals surface area contributed by atoms with Crippen LogP contribution in [0.5, 0.6) is 5.75 Å². The lowest BCUT2D eigenvalue weighted by Crippen LogP contribution is -1.97. The molecule has 0 amide bonds. The van der Waals surface area contributed by atoms with E-state index in [1.807, 2.05) is 66.7 Å². The summed E-state index contributed by atoms with van der Waals surface area (Å²) in [5.74, 6) is 0.882. The number of fused-ring (bicyclic) bond motifs is 2. The number of allylic oxidation sites excluding steroid dienone is 1. The fourth-order valence-electron chi connectivity index (χ4n) is 3.56. The van der Waals surface area contributed by atoms with Crippen LogP contribution in [0.15, 0.2) is 101 Å². The van der Waals surface area contributed by atoms with Crippen LogP contribution in [0.25, 0.3) is 16.8 Å². The Kier molecular flexibility index (Phi) is 4.66. The van der Waals surface area contributed by atoms with Crippen molar-refractivity contribution in [2.75, 3.05) is 0 Å². The van der Waals surface area contributed by atoms with E-state index in [0.717, 1.165) is 32.2 Å². The molecule has 0 aromatic heterocycles. The summed E-state index contributed by atoms with van der Waals surface area (Å²) in [5, 5.41) is 2.42. The molecule has 140 valence electrons. The van der Waals surface area contributed by atoms with Crippen LogP contribution in [0.2, 0.25) is 0 Å². The smallest absolute Gasteiger partial charge is 0.200 e. The number of rotatable bonds is 4. The van der Waals surface area contributed by atoms with Gasteiger partial charge in [0.15, 0.2) is 0 Å². The highest BCUT2D eigenvalue weighted by Gasteiger charge is 2.25. The number of hydrogen-bond acceptors (Lipinski definition) is 3. The number of Topliss-reactive ketones (excluding diaryl/α,β-unsaturated/α-hetero) is 1. The molecular weight excluding hydrogens is 376 g/mol. The molecule has 0 fully saturated rings. The van der Waals surface area contributed by atoms with Gasteiger partial charge in [-0.2, -0.15) is 0 Å². The zero-order valence-electron chi connectivity index (χ0n) is 15.7. The predicted molar refractivity (Wildman–Crippen MR) is 119 cm³/mol. The maximum atomic E-state index is 12.6. The molecule has 0 N–H and O–H groups in total. The normalized spacial score (nSPS) is 14.3. The van der Waals surface area contributed by atoms with Gasteiger partial charge in [0, 0.05) is 10.5 Å². The predicted octanol–water partition coefficient (Wildman–Crippen LogP) is 6.75. The largest absolute Gasteiger partial charge is 0.489 e. The second-order valence-electron chi connectivity index (χ2n) is 6.94. The molecule has 2 nitrogen and oxygen atoms in total. The first-order chi connectivity index (χ1) is 14.3. The van der Waals surface area contributed by atoms with Crippen LogP contribution in [0.4, 0.5) is 0 Å². The van der Waals surface area contributed by atoms with Crippen molar-refractivity contribution in [1.29, 1.82) is 0 Å². The Balaban J connectivity index is 1.36. The summed E-state index contributed by atoms with van der Waals surface area (Å²) in [4.78, 5) is 14.4. The van der Waals surface area contributed by atoms with Gasteiger partial charge in [-0.1, -0.05) is 78.5 Å². The third-order valence-electron chi connectivity index (χ3n) is 5.01. The third kappa shape index (κ3) is 3.57. The molecule has 0 saturated carbocycles. The number of carbonyl (C=O) groups excluding carboxylic acids is 1. The average Bonchev–Trinajstić information content (AvgIpc) is 3.08. The number of benzene rings is 4. The van der Waals surface area contributed by atoms with Crippen LogP contribution in [0, 0.1) is 0 Å². The molecule has 1 aliphatic rings. The van der Waals surface area contributed by atoms with E-state index in [-0.39, 0.29) is 5.78 Å². The van der Waals surface area contributed by atoms with Crippen molar-refractivity contribution in [1.82, 2.24) is 0 Å². The molecule has 4 aromatic rings. The molecule has 4 aromatic carbocycles. The summed E-state index contributed by atoms with van der Waals surface area (Å²) in [6.07, 6.45) is 1.94. The molecule has 0 bridgehead atoms. The van der Waals surface area contributed by atoms with Crippen LogP contribution < -0.4 is 4.74 Å². The Morgan fingerprint density at radius 3 is 2.55 bits per heavy atom. The average molecular weight is 394 g/mol. The molecule has 0 saturated heterocycles. The van der Waals surface area contributed by atoms with Crippen molar-refractivity contribution in [3.8, 4) is 5.75 Å². The lowest BCUT2D eigenvalue weighted by molar-refractivity contribution is 0.104. The lowest BCUT2D eigenvalue weighted by atomic mass is 10.1. The molecule has 0 unspecified atom stereocenters. The molecule has 1 heterocycles. The van der Waals surface area contributed by atoms with Crippen LogP contribution in [0.3, 0.4) is 0 Å². The highest BCUT2D eigenvalue weighted by molar-refractivity contribution is 8.04. The van der Waals surface area contributed by atoms with Gasteiger partial charge in [-0.3, -0.25) is 4.79 Å². The SMILES string of the molecule is O=C1/C(=C\c2cccc(OCc3cccc4ccccc34)c2)Sc2ccccc21. The Morgan fingerprint density at radius 2 is 1.62 bits per heavy atom. The van der Waals surface area contributed by atoms with Gasteiger partial charge in [-0.25, -0.2) is 0 Å². The molecule has 29 heavy (non-hydrogen) atoms. The van der Waals surface area contributed by atoms with E-state index >= 15 is 0 Å². The van der Waals surface area contributed by atoms with Crippen molar-refractivity contribution in [2.24, 2.45) is 0 Å². The third-order valence-corrected chi connectivity index (χ3v) is 6.10. The number of thioether (sulfide) groups is 1. The summed E-state index contributed by atoms with van der Waals surface area (Å²) >= 11 is 1.53. The van der Waals surface area contributed by atoms with E-state index in [9.17, 15) is 4.79 Å². The Labute approximate surface area is 173 Å². The number of ketones is 1. The monoisotopic (exact) mass is 394 g/mol. The first-order valence-corrected chi connectivity index (χ1v) is 10.3. The summed E-state index contributed by atoms with van der Waals surface area (Å²) in [6, 6.07) is 30.2. The second-order valence-corrected chi connectivity index (χ2v) is 8.02. The van der Waals surface area contributed by atoms with Gasteiger partial charge in [0.25, 0.3) is 0 Å². The summed E-state index contributed by atoms with van der Waals surface area (Å²) in [7, 11) is 0. The van der Waals surface area contributed by atoms with Gasteiger partial charge in [0.05, 0.1) is 4.91 Å². The van der Waals surface area contributed by atoms with Crippen molar-refractivity contribution in [3.63, 3.8) is 0 Å². The molecule has 1 aliphatic heterocycles. The van der Waals surface area contributed by atoms with Gasteiger partial charge in [-0.15, -0.1) is 0 Å². The van der Waals surface area contributed by atoms with Crippen LogP contribution in [-0.2, 0) is 6.61 Å². The van der Waals surface area contributed by atoms with E-state index in [2.05, 4.69) is 30.3 Å². The quantitative estimate of drug-likeness (QED) is 0.358. The molecule has 0 atom stereocenters. The Morgan fingerprint density at radius 1 is 0.828 bits per heavy atom. The topological polar surface area (TPSA) is 26.3 Å². The maximum absolute atomic E-state index is 12.6. The van der Waals surface area contributed by atoms with Crippen molar-refractivity contribution in [3.05, 3.63) is 113 Å². The fraction of sp³-hybridized carbons (Fsp3) is 0.0385. The van der Waals surface area contributed by atoms with Gasteiger partial charge in [0.1, 0.15) is 12.4 Å². The highest BCUT2D eigenvalue weighted by Crippen LogP contribution is 2.40. The van der Waals surface area contributed by atoms with Gasteiger partial charge >= 0.3 is 0 Å². The van der Waals surface area contributed by atoms with E-state index in [1.54, 1.807) is 0 Å². The molecular formula is C26H18O2S. The van der Waals surface area contributed by atoms with Crippen LogP contribution >= 0.6 is 11.8 Å². The van der Waals surface area contributed by atoms with E-state index in [1.165, 1.54) is 22.5 Å². The minimum Gasteiger partial charge on any atom is -0.489 e. The first-order valence-electron chi connectivity index (χ1n) is 9.51. The fourth-order valence-corrected chi connectivity index (χ4v) is 4.61. The van der Waals surface area contributed by atoms with Crippen molar-refractivity contribution >= 4 is 34.4 Å². The van der Waals surface area contributed by atoms with Crippen molar-refractivity contribution < 1.29 is 9.53 Å². The maximum Gasteiger partial charge on any atom is 0.200 e. The van der Waals surface area contributed by atoms with E-state index in [0.29, 0.717) is 6.61 Å². The molecule has 3 heteroatoms. The molecule has 0 radical (unpaired) electrons. The van der Waals surface area contributed by atoms with E-state index in [4.69, 9.17) is 4.74 Å². The number of ether oxygens (including phenoxy) is 1. The van der Waals surface area contributed by atoms with E-state index < -0.39 is 0 Å². The van der Waals surface area contributed by atoms with Crippen LogP contribution in [-0.4, -0.2) is 5.78 Å². The minimum atomic E-state index is 0.0904. The molecule has 5 rings (SSSR count). The summed E-state index contributed by atoms with van der Waals surface area (Å²) in [6.45, 7) is 0.500. The molecule has 0 spiro atoms. The second kappa shape index (κ2) is 7.61. The first kappa shape index (κ1) is 17.8. The zero-order valence-corrected chi connectivity index (χ0v) is 16.5. The zero-order chi connectivity index (χ0) is 19.6. The summed E-state index contributed by atoms with van der Waals surface area (Å²) in [5.41, 5.74) is 2.90. The molecule has 0 aliphatic carbocycles. The Hall–Kier alpha value is -3.30. The van der Waals surface area contributed by atoms with Gasteiger partial charge < -0.3 is 4.74 Å². The number of hydrogen-bond donors (Lipinski definition) is 0. The Bertz CT molecular complexity index is 1250. The summed E-state index contributed by atoms with van der Waals surface area (Å²) < 4.78 is 6.07. The number of carbonyl (C=O) groups is 1.